The summed E-state index contributed by atoms with van der Waals surface area (Å²) in [6.45, 7) is 3.77. The quantitative estimate of drug-likeness (QED) is 0.824. The van der Waals surface area contributed by atoms with Crippen molar-refractivity contribution in [2.45, 2.75) is 26.2 Å². The molecule has 0 spiro atoms. The zero-order chi connectivity index (χ0) is 10.9. The van der Waals surface area contributed by atoms with Gasteiger partial charge in [-0.25, -0.2) is 0 Å². The predicted octanol–water partition coefficient (Wildman–Crippen LogP) is 2.15. The first kappa shape index (κ1) is 10.6. The van der Waals surface area contributed by atoms with Crippen LogP contribution in [-0.4, -0.2) is 20.1 Å². The molecule has 1 heterocycles. The molecule has 3 nitrogen and oxygen atoms in total. The lowest BCUT2D eigenvalue weighted by Crippen LogP contribution is -2.46. The van der Waals surface area contributed by atoms with Crippen molar-refractivity contribution >= 4 is 5.88 Å². The van der Waals surface area contributed by atoms with Crippen LogP contribution in [0.15, 0.2) is 16.5 Å². The zero-order valence-corrected chi connectivity index (χ0v) is 9.62. The van der Waals surface area contributed by atoms with Gasteiger partial charge in [-0.2, -0.15) is 0 Å². The molecule has 1 saturated carbocycles. The van der Waals surface area contributed by atoms with Crippen LogP contribution in [0.2, 0.25) is 0 Å². The normalized spacial score (nSPS) is 18.6. The van der Waals surface area contributed by atoms with E-state index in [4.69, 9.17) is 10.2 Å². The minimum atomic E-state index is 0.343. The van der Waals surface area contributed by atoms with Crippen LogP contribution in [0.4, 0.5) is 5.88 Å². The van der Waals surface area contributed by atoms with Gasteiger partial charge in [-0.3, -0.25) is 0 Å². The van der Waals surface area contributed by atoms with Gasteiger partial charge in [-0.1, -0.05) is 6.42 Å². The molecule has 3 heteroatoms. The lowest BCUT2D eigenvalue weighted by molar-refractivity contribution is 0.152. The molecule has 0 saturated heterocycles. The standard InChI is InChI=1S/C12H20N2O/c1-10-4-5-11(15-10)14(2)9-12(8-13)6-3-7-12/h4-5H,3,6-9,13H2,1-2H3. The van der Waals surface area contributed by atoms with E-state index in [1.807, 2.05) is 19.1 Å². The lowest BCUT2D eigenvalue weighted by Gasteiger charge is -2.43. The van der Waals surface area contributed by atoms with Gasteiger partial charge in [0.2, 0.25) is 0 Å². The Morgan fingerprint density at radius 1 is 1.47 bits per heavy atom. The second-order valence-corrected chi connectivity index (χ2v) is 4.80. The third-order valence-corrected chi connectivity index (χ3v) is 3.52. The first-order valence-corrected chi connectivity index (χ1v) is 5.63. The molecular weight excluding hydrogens is 188 g/mol. The van der Waals surface area contributed by atoms with Crippen molar-refractivity contribution in [1.82, 2.24) is 0 Å². The summed E-state index contributed by atoms with van der Waals surface area (Å²) >= 11 is 0. The minimum absolute atomic E-state index is 0.343. The van der Waals surface area contributed by atoms with E-state index in [1.165, 1.54) is 19.3 Å². The Hall–Kier alpha value is -0.960. The average Bonchev–Trinajstić information content (AvgIpc) is 2.58. The molecule has 2 N–H and O–H groups in total. The minimum Gasteiger partial charge on any atom is -0.446 e. The van der Waals surface area contributed by atoms with E-state index in [0.717, 1.165) is 24.7 Å². The Balaban J connectivity index is 1.99. The highest BCUT2D eigenvalue weighted by atomic mass is 16.4. The van der Waals surface area contributed by atoms with E-state index >= 15 is 0 Å². The fraction of sp³-hybridized carbons (Fsp3) is 0.667. The molecule has 1 aliphatic carbocycles. The first-order chi connectivity index (χ1) is 7.15. The predicted molar refractivity (Wildman–Crippen MR) is 62.1 cm³/mol. The fourth-order valence-electron chi connectivity index (χ4n) is 2.31. The zero-order valence-electron chi connectivity index (χ0n) is 9.62. The van der Waals surface area contributed by atoms with Crippen LogP contribution in [0.5, 0.6) is 0 Å². The van der Waals surface area contributed by atoms with Crippen LogP contribution < -0.4 is 10.6 Å². The van der Waals surface area contributed by atoms with Crippen LogP contribution in [0.1, 0.15) is 25.0 Å². The molecule has 2 rings (SSSR count). The Morgan fingerprint density at radius 3 is 2.60 bits per heavy atom. The monoisotopic (exact) mass is 208 g/mol. The SMILES string of the molecule is Cc1ccc(N(C)CC2(CN)CCC2)o1. The molecule has 1 aromatic heterocycles. The molecule has 84 valence electrons. The van der Waals surface area contributed by atoms with Crippen LogP contribution in [0, 0.1) is 12.3 Å². The number of nitrogens with zero attached hydrogens (tertiary/aromatic N) is 1. The van der Waals surface area contributed by atoms with Crippen LogP contribution in [0.3, 0.4) is 0 Å². The van der Waals surface area contributed by atoms with Gasteiger partial charge in [-0.15, -0.1) is 0 Å². The lowest BCUT2D eigenvalue weighted by atomic mass is 9.68. The van der Waals surface area contributed by atoms with Gasteiger partial charge in [-0.05, 0) is 32.4 Å². The molecule has 0 aliphatic heterocycles. The van der Waals surface area contributed by atoms with Gasteiger partial charge in [0.15, 0.2) is 5.88 Å². The van der Waals surface area contributed by atoms with E-state index in [-0.39, 0.29) is 0 Å². The van der Waals surface area contributed by atoms with Crippen LogP contribution in [0.25, 0.3) is 0 Å². The van der Waals surface area contributed by atoms with Crippen molar-refractivity contribution in [3.8, 4) is 0 Å². The van der Waals surface area contributed by atoms with Crippen LogP contribution >= 0.6 is 0 Å². The second-order valence-electron chi connectivity index (χ2n) is 4.80. The molecule has 0 bridgehead atoms. The highest BCUT2D eigenvalue weighted by Crippen LogP contribution is 2.41. The van der Waals surface area contributed by atoms with Crippen molar-refractivity contribution in [1.29, 1.82) is 0 Å². The van der Waals surface area contributed by atoms with Gasteiger partial charge < -0.3 is 15.1 Å². The molecule has 15 heavy (non-hydrogen) atoms. The highest BCUT2D eigenvalue weighted by Gasteiger charge is 2.36. The summed E-state index contributed by atoms with van der Waals surface area (Å²) in [5.74, 6) is 1.92. The van der Waals surface area contributed by atoms with E-state index in [1.54, 1.807) is 0 Å². The Morgan fingerprint density at radius 2 is 2.20 bits per heavy atom. The van der Waals surface area contributed by atoms with Crippen molar-refractivity contribution in [2.24, 2.45) is 11.1 Å². The Bertz CT molecular complexity index is 323. The maximum absolute atomic E-state index is 5.84. The first-order valence-electron chi connectivity index (χ1n) is 5.63. The summed E-state index contributed by atoms with van der Waals surface area (Å²) in [6, 6.07) is 4.03. The van der Waals surface area contributed by atoms with Gasteiger partial charge >= 0.3 is 0 Å². The maximum atomic E-state index is 5.84. The molecule has 1 fully saturated rings. The van der Waals surface area contributed by atoms with Crippen molar-refractivity contribution in [2.75, 3.05) is 25.0 Å². The summed E-state index contributed by atoms with van der Waals surface area (Å²) < 4.78 is 5.59. The van der Waals surface area contributed by atoms with Gasteiger partial charge in [0.05, 0.1) is 0 Å². The van der Waals surface area contributed by atoms with Gasteiger partial charge in [0.1, 0.15) is 5.76 Å². The molecule has 0 unspecified atom stereocenters. The smallest absolute Gasteiger partial charge is 0.195 e. The van der Waals surface area contributed by atoms with Crippen LogP contribution in [-0.2, 0) is 0 Å². The number of hydrogen-bond donors (Lipinski definition) is 1. The molecule has 1 aliphatic rings. The number of nitrogens with two attached hydrogens (primary N) is 1. The number of furan rings is 1. The summed E-state index contributed by atoms with van der Waals surface area (Å²) in [5, 5.41) is 0. The molecular formula is C12H20N2O. The van der Waals surface area contributed by atoms with E-state index in [2.05, 4.69) is 11.9 Å². The topological polar surface area (TPSA) is 42.4 Å². The fourth-order valence-corrected chi connectivity index (χ4v) is 2.31. The van der Waals surface area contributed by atoms with Crippen molar-refractivity contribution < 1.29 is 4.42 Å². The summed E-state index contributed by atoms with van der Waals surface area (Å²) in [5.41, 5.74) is 6.19. The summed E-state index contributed by atoms with van der Waals surface area (Å²) in [7, 11) is 2.08. The third-order valence-electron chi connectivity index (χ3n) is 3.52. The van der Waals surface area contributed by atoms with E-state index in [9.17, 15) is 0 Å². The summed E-state index contributed by atoms with van der Waals surface area (Å²) in [6.07, 6.45) is 3.84. The molecule has 0 atom stereocenters. The highest BCUT2D eigenvalue weighted by molar-refractivity contribution is 5.35. The largest absolute Gasteiger partial charge is 0.446 e. The second kappa shape index (κ2) is 3.89. The van der Waals surface area contributed by atoms with Crippen molar-refractivity contribution in [3.63, 3.8) is 0 Å². The Kier molecular flexibility index (Phi) is 2.74. The molecule has 0 radical (unpaired) electrons. The van der Waals surface area contributed by atoms with Gasteiger partial charge in [0, 0.05) is 25.1 Å². The van der Waals surface area contributed by atoms with E-state index in [0.29, 0.717) is 5.41 Å². The number of hydrogen-bond acceptors (Lipinski definition) is 3. The third kappa shape index (κ3) is 2.02. The number of rotatable bonds is 4. The maximum Gasteiger partial charge on any atom is 0.195 e. The molecule has 0 aromatic carbocycles. The average molecular weight is 208 g/mol. The van der Waals surface area contributed by atoms with E-state index < -0.39 is 0 Å². The number of aryl methyl sites for hydroxylation is 1. The number of anilines is 1. The Labute approximate surface area is 91.2 Å². The summed E-state index contributed by atoms with van der Waals surface area (Å²) in [4.78, 5) is 2.18. The molecule has 1 aromatic rings. The molecule has 0 amide bonds. The van der Waals surface area contributed by atoms with Crippen molar-refractivity contribution in [3.05, 3.63) is 17.9 Å². The van der Waals surface area contributed by atoms with Gasteiger partial charge in [0.25, 0.3) is 0 Å².